The molecule has 7 nitrogen and oxygen atoms in total. The first kappa shape index (κ1) is 18.4. The average molecular weight is 361 g/mol. The Hall–Kier alpha value is -2.41. The predicted molar refractivity (Wildman–Crippen MR) is 93.9 cm³/mol. The van der Waals surface area contributed by atoms with Crippen molar-refractivity contribution in [1.82, 2.24) is 0 Å². The Bertz CT molecular complexity index is 673. The summed E-state index contributed by atoms with van der Waals surface area (Å²) in [5.74, 6) is -0.907. The molecule has 0 saturated carbocycles. The zero-order valence-electron chi connectivity index (χ0n) is 15.0. The molecule has 1 unspecified atom stereocenters. The molecule has 0 aliphatic carbocycles. The molecule has 1 amide bonds. The molecule has 2 N–H and O–H groups in total. The monoisotopic (exact) mass is 361 g/mol. The number of esters is 2. The number of fused-ring (bicyclic) bond motifs is 1. The lowest BCUT2D eigenvalue weighted by molar-refractivity contribution is -0.951. The normalized spacial score (nSPS) is 25.0. The number of hydrogen-bond donors (Lipinski definition) is 2. The quantitative estimate of drug-likeness (QED) is 0.749. The van der Waals surface area contributed by atoms with Gasteiger partial charge in [0.2, 0.25) is 5.91 Å². The Morgan fingerprint density at radius 1 is 1.27 bits per heavy atom. The van der Waals surface area contributed by atoms with Crippen LogP contribution in [0.4, 0.5) is 5.69 Å². The van der Waals surface area contributed by atoms with Crippen LogP contribution in [0.2, 0.25) is 0 Å². The SMILES string of the molecule is CCOC(=O)c1ccc(NC(=O)C[C@H]2C(=O)OC[C@@H]3CCCC[NH+]32)cc1. The standard InChI is InChI=1S/C19H24N2O5/c1-2-25-18(23)13-6-8-14(9-7-13)20-17(22)11-16-19(24)26-12-15-5-3-4-10-21(15)16/h6-9,15-16H,2-5,10-12H2,1H3,(H,20,22)/p+1/t15-,16-/m0/s1. The van der Waals surface area contributed by atoms with Crippen LogP contribution >= 0.6 is 0 Å². The van der Waals surface area contributed by atoms with Crippen LogP contribution < -0.4 is 10.2 Å². The fraction of sp³-hybridized carbons (Fsp3) is 0.526. The summed E-state index contributed by atoms with van der Waals surface area (Å²) in [6.07, 6.45) is 3.37. The minimum Gasteiger partial charge on any atom is -0.462 e. The number of nitrogens with one attached hydrogen (secondary N) is 2. The van der Waals surface area contributed by atoms with Crippen molar-refractivity contribution in [2.24, 2.45) is 0 Å². The van der Waals surface area contributed by atoms with Gasteiger partial charge < -0.3 is 19.7 Å². The number of anilines is 1. The molecule has 0 spiro atoms. The van der Waals surface area contributed by atoms with E-state index in [1.165, 1.54) is 4.90 Å². The van der Waals surface area contributed by atoms with Crippen molar-refractivity contribution in [2.75, 3.05) is 25.1 Å². The van der Waals surface area contributed by atoms with E-state index >= 15 is 0 Å². The van der Waals surface area contributed by atoms with Crippen LogP contribution in [0.25, 0.3) is 0 Å². The minimum absolute atomic E-state index is 0.101. The Morgan fingerprint density at radius 2 is 2.04 bits per heavy atom. The lowest BCUT2D eigenvalue weighted by Crippen LogP contribution is -3.22. The number of quaternary nitrogens is 1. The van der Waals surface area contributed by atoms with E-state index in [-0.39, 0.29) is 18.3 Å². The lowest BCUT2D eigenvalue weighted by Gasteiger charge is -2.40. The third kappa shape index (κ3) is 4.22. The third-order valence-corrected chi connectivity index (χ3v) is 5.02. The molecule has 2 saturated heterocycles. The maximum absolute atomic E-state index is 12.4. The van der Waals surface area contributed by atoms with Gasteiger partial charge in [0, 0.05) is 12.1 Å². The number of hydrogen-bond acceptors (Lipinski definition) is 5. The summed E-state index contributed by atoms with van der Waals surface area (Å²) >= 11 is 0. The smallest absolute Gasteiger partial charge is 0.365 e. The molecule has 2 heterocycles. The number of cyclic esters (lactones) is 1. The van der Waals surface area contributed by atoms with Gasteiger partial charge in [-0.25, -0.2) is 9.59 Å². The van der Waals surface area contributed by atoms with E-state index in [1.807, 2.05) is 0 Å². The highest BCUT2D eigenvalue weighted by Crippen LogP contribution is 2.13. The Labute approximate surface area is 152 Å². The number of amides is 1. The van der Waals surface area contributed by atoms with Gasteiger partial charge in [0.15, 0.2) is 6.04 Å². The van der Waals surface area contributed by atoms with E-state index in [2.05, 4.69) is 5.32 Å². The second kappa shape index (κ2) is 8.31. The Kier molecular flexibility index (Phi) is 5.88. The zero-order valence-corrected chi connectivity index (χ0v) is 15.0. The molecule has 2 aliphatic rings. The van der Waals surface area contributed by atoms with E-state index in [9.17, 15) is 14.4 Å². The number of ether oxygens (including phenoxy) is 2. The number of morpholine rings is 1. The molecule has 2 fully saturated rings. The highest BCUT2D eigenvalue weighted by atomic mass is 16.5. The second-order valence-corrected chi connectivity index (χ2v) is 6.75. The lowest BCUT2D eigenvalue weighted by atomic mass is 9.97. The van der Waals surface area contributed by atoms with Crippen LogP contribution in [0.3, 0.4) is 0 Å². The van der Waals surface area contributed by atoms with E-state index in [0.717, 1.165) is 25.8 Å². The van der Waals surface area contributed by atoms with Crippen molar-refractivity contribution in [1.29, 1.82) is 0 Å². The van der Waals surface area contributed by atoms with E-state index in [4.69, 9.17) is 9.47 Å². The number of carbonyl (C=O) groups is 3. The van der Waals surface area contributed by atoms with E-state index in [0.29, 0.717) is 30.5 Å². The van der Waals surface area contributed by atoms with Crippen LogP contribution in [-0.2, 0) is 19.1 Å². The van der Waals surface area contributed by atoms with Gasteiger partial charge in [-0.1, -0.05) is 0 Å². The van der Waals surface area contributed by atoms with Gasteiger partial charge in [-0.05, 0) is 44.0 Å². The molecule has 0 radical (unpaired) electrons. The number of benzene rings is 1. The molecule has 3 atom stereocenters. The molecule has 7 heteroatoms. The van der Waals surface area contributed by atoms with Crippen LogP contribution in [0, 0.1) is 0 Å². The average Bonchev–Trinajstić information content (AvgIpc) is 2.65. The molecule has 2 aliphatic heterocycles. The van der Waals surface area contributed by atoms with Gasteiger partial charge in [0.05, 0.1) is 25.1 Å². The summed E-state index contributed by atoms with van der Waals surface area (Å²) in [7, 11) is 0. The summed E-state index contributed by atoms with van der Waals surface area (Å²) in [6, 6.07) is 6.39. The van der Waals surface area contributed by atoms with Crippen LogP contribution in [0.15, 0.2) is 24.3 Å². The van der Waals surface area contributed by atoms with Gasteiger partial charge in [-0.2, -0.15) is 0 Å². The van der Waals surface area contributed by atoms with Gasteiger partial charge in [0.1, 0.15) is 12.6 Å². The predicted octanol–water partition coefficient (Wildman–Crippen LogP) is 0.555. The largest absolute Gasteiger partial charge is 0.462 e. The molecule has 140 valence electrons. The highest BCUT2D eigenvalue weighted by Gasteiger charge is 2.43. The van der Waals surface area contributed by atoms with Crippen molar-refractivity contribution >= 4 is 23.5 Å². The maximum Gasteiger partial charge on any atom is 0.365 e. The van der Waals surface area contributed by atoms with Gasteiger partial charge in [-0.3, -0.25) is 4.79 Å². The highest BCUT2D eigenvalue weighted by molar-refractivity contribution is 5.95. The number of rotatable bonds is 5. The first-order chi connectivity index (χ1) is 12.6. The molecular weight excluding hydrogens is 336 g/mol. The molecule has 1 aromatic rings. The van der Waals surface area contributed by atoms with Crippen molar-refractivity contribution in [3.63, 3.8) is 0 Å². The molecule has 3 rings (SSSR count). The first-order valence-corrected chi connectivity index (χ1v) is 9.17. The van der Waals surface area contributed by atoms with Crippen LogP contribution in [-0.4, -0.2) is 49.7 Å². The second-order valence-electron chi connectivity index (χ2n) is 6.75. The summed E-state index contributed by atoms with van der Waals surface area (Å²) < 4.78 is 10.2. The van der Waals surface area contributed by atoms with Crippen LogP contribution in [0.5, 0.6) is 0 Å². The molecule has 26 heavy (non-hydrogen) atoms. The summed E-state index contributed by atoms with van der Waals surface area (Å²) in [6.45, 7) is 3.43. The van der Waals surface area contributed by atoms with E-state index < -0.39 is 12.0 Å². The maximum atomic E-state index is 12.4. The fourth-order valence-corrected chi connectivity index (χ4v) is 3.71. The minimum atomic E-state index is -0.437. The van der Waals surface area contributed by atoms with Crippen LogP contribution in [0.1, 0.15) is 43.0 Å². The summed E-state index contributed by atoms with van der Waals surface area (Å²) in [5, 5.41) is 2.79. The molecule has 1 aromatic carbocycles. The number of carbonyl (C=O) groups excluding carboxylic acids is 3. The summed E-state index contributed by atoms with van der Waals surface area (Å²) in [4.78, 5) is 37.4. The van der Waals surface area contributed by atoms with Crippen molar-refractivity contribution in [3.05, 3.63) is 29.8 Å². The molecular formula is C19H25N2O5+. The molecule has 0 aromatic heterocycles. The third-order valence-electron chi connectivity index (χ3n) is 5.02. The van der Waals surface area contributed by atoms with Crippen molar-refractivity contribution in [3.8, 4) is 0 Å². The van der Waals surface area contributed by atoms with Gasteiger partial charge in [-0.15, -0.1) is 0 Å². The van der Waals surface area contributed by atoms with Gasteiger partial charge >= 0.3 is 11.9 Å². The molecule has 0 bridgehead atoms. The zero-order chi connectivity index (χ0) is 18.5. The first-order valence-electron chi connectivity index (χ1n) is 9.17. The Balaban J connectivity index is 1.59. The van der Waals surface area contributed by atoms with Crippen molar-refractivity contribution < 1.29 is 28.8 Å². The van der Waals surface area contributed by atoms with E-state index in [1.54, 1.807) is 31.2 Å². The van der Waals surface area contributed by atoms with Crippen molar-refractivity contribution in [2.45, 2.75) is 44.7 Å². The fourth-order valence-electron chi connectivity index (χ4n) is 3.71. The Morgan fingerprint density at radius 3 is 2.77 bits per heavy atom. The summed E-state index contributed by atoms with van der Waals surface area (Å²) in [5.41, 5.74) is 1.01. The number of piperidine rings is 1. The topological polar surface area (TPSA) is 86.1 Å². The van der Waals surface area contributed by atoms with Gasteiger partial charge in [0.25, 0.3) is 0 Å².